The highest BCUT2D eigenvalue weighted by molar-refractivity contribution is 5.94. The lowest BCUT2D eigenvalue weighted by atomic mass is 9.94. The number of amides is 1. The number of nitrogens with one attached hydrogen (secondary N) is 1. The first-order valence-electron chi connectivity index (χ1n) is 9.45. The number of hydrogen-bond acceptors (Lipinski definition) is 3. The zero-order valence-corrected chi connectivity index (χ0v) is 14.9. The van der Waals surface area contributed by atoms with Crippen LogP contribution in [0, 0.1) is 11.7 Å². The van der Waals surface area contributed by atoms with Crippen molar-refractivity contribution in [2.24, 2.45) is 5.92 Å². The molecule has 0 aliphatic carbocycles. The lowest BCUT2D eigenvalue weighted by Crippen LogP contribution is -2.41. The first kappa shape index (κ1) is 16.4. The Morgan fingerprint density at radius 2 is 1.96 bits per heavy atom. The van der Waals surface area contributed by atoms with E-state index < -0.39 is 0 Å². The van der Waals surface area contributed by atoms with Crippen LogP contribution in [0.2, 0.25) is 0 Å². The second kappa shape index (κ2) is 6.46. The van der Waals surface area contributed by atoms with Gasteiger partial charge in [0.1, 0.15) is 11.5 Å². The van der Waals surface area contributed by atoms with Crippen LogP contribution >= 0.6 is 0 Å². The van der Waals surface area contributed by atoms with Crippen LogP contribution in [0.3, 0.4) is 0 Å². The number of fused-ring (bicyclic) bond motifs is 2. The predicted octanol–water partition coefficient (Wildman–Crippen LogP) is 2.96. The summed E-state index contributed by atoms with van der Waals surface area (Å²) in [6.07, 6.45) is 6.11. The number of hydrogen-bond donors (Lipinski definition) is 1. The third-order valence-electron chi connectivity index (χ3n) is 5.72. The number of halogens is 1. The van der Waals surface area contributed by atoms with Gasteiger partial charge >= 0.3 is 0 Å². The van der Waals surface area contributed by atoms with E-state index in [2.05, 4.69) is 10.3 Å². The molecule has 0 saturated carbocycles. The summed E-state index contributed by atoms with van der Waals surface area (Å²) in [5.74, 6) is 0.381. The largest absolute Gasteiger partial charge is 0.337 e. The van der Waals surface area contributed by atoms with Gasteiger partial charge in [-0.25, -0.2) is 9.37 Å². The van der Waals surface area contributed by atoms with Crippen molar-refractivity contribution < 1.29 is 9.18 Å². The van der Waals surface area contributed by atoms with Gasteiger partial charge in [-0.15, -0.1) is 0 Å². The maximum Gasteiger partial charge on any atom is 0.255 e. The molecule has 6 heteroatoms. The van der Waals surface area contributed by atoms with E-state index in [1.807, 2.05) is 33.8 Å². The number of aromatic nitrogens is 2. The lowest BCUT2D eigenvalue weighted by Gasteiger charge is -2.24. The van der Waals surface area contributed by atoms with Gasteiger partial charge in [0, 0.05) is 37.1 Å². The maximum atomic E-state index is 13.1. The van der Waals surface area contributed by atoms with E-state index in [1.54, 1.807) is 12.1 Å². The summed E-state index contributed by atoms with van der Waals surface area (Å²) in [5, 5.41) is 3.54. The van der Waals surface area contributed by atoms with E-state index in [9.17, 15) is 9.18 Å². The van der Waals surface area contributed by atoms with Gasteiger partial charge in [-0.2, -0.15) is 0 Å². The molecule has 2 aromatic heterocycles. The van der Waals surface area contributed by atoms with E-state index >= 15 is 0 Å². The predicted molar refractivity (Wildman–Crippen MR) is 101 cm³/mol. The smallest absolute Gasteiger partial charge is 0.255 e. The second-order valence-electron chi connectivity index (χ2n) is 7.49. The summed E-state index contributed by atoms with van der Waals surface area (Å²) in [6.45, 7) is 2.67. The Morgan fingerprint density at radius 1 is 1.11 bits per heavy atom. The number of carbonyl (C=O) groups is 1. The topological polar surface area (TPSA) is 49.6 Å². The van der Waals surface area contributed by atoms with Crippen molar-refractivity contribution in [3.05, 3.63) is 60.2 Å². The molecular weight excluding hydrogens is 343 g/mol. The second-order valence-corrected chi connectivity index (χ2v) is 7.49. The summed E-state index contributed by atoms with van der Waals surface area (Å²) in [6, 6.07) is 10.4. The number of likely N-dealkylation sites (tertiary alicyclic amines) is 1. The van der Waals surface area contributed by atoms with Crippen LogP contribution in [0.1, 0.15) is 23.2 Å². The summed E-state index contributed by atoms with van der Waals surface area (Å²) in [7, 11) is 0. The SMILES string of the molecule is O=C(c1ccc2nc(-c3ccc(F)cc3)cn2c1)N1C[C@H]2CCCN[C@H]2C1. The molecule has 27 heavy (non-hydrogen) atoms. The minimum absolute atomic E-state index is 0.0742. The number of nitrogens with zero attached hydrogens (tertiary/aromatic N) is 3. The molecule has 2 aliphatic rings. The zero-order chi connectivity index (χ0) is 18.4. The van der Waals surface area contributed by atoms with Crippen LogP contribution in [0.15, 0.2) is 48.8 Å². The molecule has 5 nitrogen and oxygen atoms in total. The summed E-state index contributed by atoms with van der Waals surface area (Å²) in [4.78, 5) is 19.5. The van der Waals surface area contributed by atoms with Crippen molar-refractivity contribution in [1.82, 2.24) is 19.6 Å². The first-order chi connectivity index (χ1) is 13.2. The Hall–Kier alpha value is -2.73. The molecule has 1 amide bonds. The Labute approximate surface area is 156 Å². The van der Waals surface area contributed by atoms with Crippen LogP contribution in [-0.2, 0) is 0 Å². The number of rotatable bonds is 2. The zero-order valence-electron chi connectivity index (χ0n) is 14.9. The van der Waals surface area contributed by atoms with E-state index in [0.717, 1.165) is 36.5 Å². The third-order valence-corrected chi connectivity index (χ3v) is 5.72. The van der Waals surface area contributed by atoms with Gasteiger partial charge in [-0.05, 0) is 61.7 Å². The van der Waals surface area contributed by atoms with Gasteiger partial charge in [0.05, 0.1) is 11.3 Å². The van der Waals surface area contributed by atoms with Crippen molar-refractivity contribution in [2.75, 3.05) is 19.6 Å². The van der Waals surface area contributed by atoms with Gasteiger partial charge < -0.3 is 14.6 Å². The lowest BCUT2D eigenvalue weighted by molar-refractivity contribution is 0.0785. The van der Waals surface area contributed by atoms with Gasteiger partial charge in [0.2, 0.25) is 0 Å². The van der Waals surface area contributed by atoms with Crippen molar-refractivity contribution in [1.29, 1.82) is 0 Å². The van der Waals surface area contributed by atoms with Gasteiger partial charge in [-0.1, -0.05) is 0 Å². The van der Waals surface area contributed by atoms with Crippen molar-refractivity contribution in [3.63, 3.8) is 0 Å². The van der Waals surface area contributed by atoms with E-state index in [-0.39, 0.29) is 11.7 Å². The highest BCUT2D eigenvalue weighted by atomic mass is 19.1. The molecule has 0 unspecified atom stereocenters. The first-order valence-corrected chi connectivity index (χ1v) is 9.45. The molecule has 2 atom stereocenters. The van der Waals surface area contributed by atoms with Crippen LogP contribution < -0.4 is 5.32 Å². The number of benzene rings is 1. The van der Waals surface area contributed by atoms with Crippen LogP contribution in [0.4, 0.5) is 4.39 Å². The Kier molecular flexibility index (Phi) is 3.93. The molecule has 3 aromatic rings. The molecule has 1 N–H and O–H groups in total. The van der Waals surface area contributed by atoms with Gasteiger partial charge in [0.25, 0.3) is 5.91 Å². The molecule has 0 bridgehead atoms. The Balaban J connectivity index is 1.41. The Bertz CT molecular complexity index is 983. The van der Waals surface area contributed by atoms with Gasteiger partial charge in [0.15, 0.2) is 0 Å². The quantitative estimate of drug-likeness (QED) is 0.761. The number of carbonyl (C=O) groups excluding carboxylic acids is 1. The molecule has 5 rings (SSSR count). The average Bonchev–Trinajstić information content (AvgIpc) is 3.31. The fourth-order valence-corrected chi connectivity index (χ4v) is 4.27. The minimum atomic E-state index is -0.268. The molecular formula is C21H21FN4O. The normalized spacial score (nSPS) is 22.2. The molecule has 4 heterocycles. The summed E-state index contributed by atoms with van der Waals surface area (Å²) in [5.41, 5.74) is 3.05. The van der Waals surface area contributed by atoms with Crippen LogP contribution in [-0.4, -0.2) is 45.9 Å². The van der Waals surface area contributed by atoms with E-state index in [0.29, 0.717) is 17.5 Å². The van der Waals surface area contributed by atoms with Crippen molar-refractivity contribution in [3.8, 4) is 11.3 Å². The molecule has 1 aromatic carbocycles. The molecule has 0 radical (unpaired) electrons. The van der Waals surface area contributed by atoms with Gasteiger partial charge in [-0.3, -0.25) is 4.79 Å². The van der Waals surface area contributed by atoms with Crippen LogP contribution in [0.5, 0.6) is 0 Å². The molecule has 138 valence electrons. The number of pyridine rings is 1. The average molecular weight is 364 g/mol. The maximum absolute atomic E-state index is 13.1. The van der Waals surface area contributed by atoms with Crippen LogP contribution in [0.25, 0.3) is 16.9 Å². The molecule has 2 saturated heterocycles. The monoisotopic (exact) mass is 364 g/mol. The van der Waals surface area contributed by atoms with E-state index in [1.165, 1.54) is 25.0 Å². The third kappa shape index (κ3) is 3.00. The van der Waals surface area contributed by atoms with E-state index in [4.69, 9.17) is 0 Å². The number of imidazole rings is 1. The Morgan fingerprint density at radius 3 is 2.78 bits per heavy atom. The highest BCUT2D eigenvalue weighted by Crippen LogP contribution is 2.26. The summed E-state index contributed by atoms with van der Waals surface area (Å²) >= 11 is 0. The molecule has 0 spiro atoms. The standard InChI is InChI=1S/C21H21FN4O/c22-17-6-3-14(4-7-17)19-13-25-11-16(5-8-20(25)24-19)21(27)26-10-15-2-1-9-23-18(15)12-26/h3-8,11,13,15,18,23H,1-2,9-10,12H2/t15-,18+/m1/s1. The molecule has 2 fully saturated rings. The molecule has 2 aliphatic heterocycles. The fraction of sp³-hybridized carbons (Fsp3) is 0.333. The van der Waals surface area contributed by atoms with Crippen molar-refractivity contribution >= 4 is 11.6 Å². The fourth-order valence-electron chi connectivity index (χ4n) is 4.27. The van der Waals surface area contributed by atoms with Crippen molar-refractivity contribution in [2.45, 2.75) is 18.9 Å². The highest BCUT2D eigenvalue weighted by Gasteiger charge is 2.36. The summed E-state index contributed by atoms with van der Waals surface area (Å²) < 4.78 is 15.0. The number of piperidine rings is 1. The minimum Gasteiger partial charge on any atom is -0.337 e.